The zero-order valence-corrected chi connectivity index (χ0v) is 15.5. The Bertz CT molecular complexity index is 627. The van der Waals surface area contributed by atoms with Gasteiger partial charge in [0.1, 0.15) is 11.3 Å². The molecule has 1 aromatic heterocycles. The molecule has 7 nitrogen and oxygen atoms in total. The van der Waals surface area contributed by atoms with E-state index in [-0.39, 0.29) is 24.1 Å². The van der Waals surface area contributed by atoms with Gasteiger partial charge in [0.15, 0.2) is 0 Å². The molecular weight excluding hydrogens is 322 g/mol. The number of nitrogens with one attached hydrogen (secondary N) is 1. The zero-order valence-electron chi connectivity index (χ0n) is 15.5. The van der Waals surface area contributed by atoms with Crippen LogP contribution >= 0.6 is 0 Å². The van der Waals surface area contributed by atoms with Crippen molar-refractivity contribution in [2.45, 2.75) is 58.2 Å². The van der Waals surface area contributed by atoms with Crippen molar-refractivity contribution < 1.29 is 19.1 Å². The number of methoxy groups -OCH3 is 1. The van der Waals surface area contributed by atoms with Crippen molar-refractivity contribution in [2.75, 3.05) is 13.7 Å². The summed E-state index contributed by atoms with van der Waals surface area (Å²) in [4.78, 5) is 30.7. The molecular formula is C18H27N3O4. The predicted molar refractivity (Wildman–Crippen MR) is 93.7 cm³/mol. The molecule has 0 saturated carbocycles. The van der Waals surface area contributed by atoms with E-state index in [0.717, 1.165) is 12.8 Å². The highest BCUT2D eigenvalue weighted by atomic mass is 16.6. The van der Waals surface area contributed by atoms with Crippen LogP contribution in [0.3, 0.4) is 0 Å². The fourth-order valence-electron chi connectivity index (χ4n) is 2.81. The van der Waals surface area contributed by atoms with Crippen LogP contribution in [-0.2, 0) is 4.74 Å². The highest BCUT2D eigenvalue weighted by molar-refractivity contribution is 5.92. The molecule has 7 heteroatoms. The van der Waals surface area contributed by atoms with Gasteiger partial charge in [0, 0.05) is 18.7 Å². The maximum absolute atomic E-state index is 12.5. The van der Waals surface area contributed by atoms with E-state index in [1.807, 2.05) is 27.7 Å². The van der Waals surface area contributed by atoms with Gasteiger partial charge in [-0.1, -0.05) is 6.07 Å². The average Bonchev–Trinajstić information content (AvgIpc) is 2.55. The van der Waals surface area contributed by atoms with E-state index >= 15 is 0 Å². The first-order valence-electron chi connectivity index (χ1n) is 8.53. The van der Waals surface area contributed by atoms with E-state index in [4.69, 9.17) is 9.47 Å². The van der Waals surface area contributed by atoms with Gasteiger partial charge >= 0.3 is 6.09 Å². The fraction of sp³-hybridized carbons (Fsp3) is 0.611. The van der Waals surface area contributed by atoms with Crippen LogP contribution in [0.4, 0.5) is 4.79 Å². The minimum atomic E-state index is -0.544. The molecule has 2 amide bonds. The number of amides is 2. The standard InChI is InChI=1S/C18H27N3O4/c1-12-13(9-7-11-21(12)17(23)25-18(2,3)4)20-16(22)14-8-6-10-15(19-14)24-5/h6,8,10,12-13H,7,9,11H2,1-5H3,(H,20,22)/t12-,13-/m0/s1. The Morgan fingerprint density at radius 3 is 2.68 bits per heavy atom. The van der Waals surface area contributed by atoms with Crippen molar-refractivity contribution >= 4 is 12.0 Å². The first-order valence-corrected chi connectivity index (χ1v) is 8.53. The fourth-order valence-corrected chi connectivity index (χ4v) is 2.81. The van der Waals surface area contributed by atoms with Gasteiger partial charge in [-0.3, -0.25) is 4.79 Å². The normalized spacial score (nSPS) is 20.8. The molecule has 2 rings (SSSR count). The molecule has 1 aliphatic rings. The topological polar surface area (TPSA) is 80.8 Å². The lowest BCUT2D eigenvalue weighted by Crippen LogP contribution is -2.56. The molecule has 0 bridgehead atoms. The minimum Gasteiger partial charge on any atom is -0.481 e. The summed E-state index contributed by atoms with van der Waals surface area (Å²) in [5.41, 5.74) is -0.252. The third-order valence-electron chi connectivity index (χ3n) is 4.10. The number of ether oxygens (including phenoxy) is 2. The first-order chi connectivity index (χ1) is 11.7. The van der Waals surface area contributed by atoms with Crippen molar-refractivity contribution in [2.24, 2.45) is 0 Å². The second-order valence-corrected chi connectivity index (χ2v) is 7.20. The Balaban J connectivity index is 2.04. The van der Waals surface area contributed by atoms with Gasteiger partial charge in [0.25, 0.3) is 5.91 Å². The minimum absolute atomic E-state index is 0.151. The number of pyridine rings is 1. The summed E-state index contributed by atoms with van der Waals surface area (Å²) in [5, 5.41) is 2.98. The maximum Gasteiger partial charge on any atom is 0.410 e. The first kappa shape index (κ1) is 19.0. The molecule has 25 heavy (non-hydrogen) atoms. The van der Waals surface area contributed by atoms with Crippen LogP contribution in [0, 0.1) is 0 Å². The number of carbonyl (C=O) groups excluding carboxylic acids is 2. The van der Waals surface area contributed by atoms with Gasteiger partial charge in [-0.15, -0.1) is 0 Å². The van der Waals surface area contributed by atoms with Gasteiger partial charge in [0.05, 0.1) is 13.2 Å². The van der Waals surface area contributed by atoms with Crippen LogP contribution in [0.1, 0.15) is 51.0 Å². The molecule has 2 heterocycles. The van der Waals surface area contributed by atoms with Gasteiger partial charge in [-0.05, 0) is 46.6 Å². The number of hydrogen-bond donors (Lipinski definition) is 1. The van der Waals surface area contributed by atoms with Crippen molar-refractivity contribution in [1.29, 1.82) is 0 Å². The maximum atomic E-state index is 12.5. The third kappa shape index (κ3) is 5.08. The zero-order chi connectivity index (χ0) is 18.6. The molecule has 0 aromatic carbocycles. The van der Waals surface area contributed by atoms with E-state index in [1.165, 1.54) is 7.11 Å². The molecule has 138 valence electrons. The predicted octanol–water partition coefficient (Wildman–Crippen LogP) is 2.61. The van der Waals surface area contributed by atoms with Crippen LogP contribution < -0.4 is 10.1 Å². The van der Waals surface area contributed by atoms with E-state index in [1.54, 1.807) is 23.1 Å². The quantitative estimate of drug-likeness (QED) is 0.907. The number of rotatable bonds is 3. The SMILES string of the molecule is COc1cccc(C(=O)N[C@H]2CCCN(C(=O)OC(C)(C)C)[C@H]2C)n1. The van der Waals surface area contributed by atoms with Crippen molar-refractivity contribution in [1.82, 2.24) is 15.2 Å². The summed E-state index contributed by atoms with van der Waals surface area (Å²) in [6, 6.07) is 4.74. The lowest BCUT2D eigenvalue weighted by Gasteiger charge is -2.40. The Labute approximate surface area is 148 Å². The Morgan fingerprint density at radius 2 is 2.04 bits per heavy atom. The molecule has 1 aliphatic heterocycles. The second-order valence-electron chi connectivity index (χ2n) is 7.20. The molecule has 1 aromatic rings. The number of aromatic nitrogens is 1. The van der Waals surface area contributed by atoms with Crippen LogP contribution in [0.5, 0.6) is 5.88 Å². The number of likely N-dealkylation sites (tertiary alicyclic amines) is 1. The summed E-state index contributed by atoms with van der Waals surface area (Å²) in [6.07, 6.45) is 1.26. The molecule has 1 N–H and O–H groups in total. The summed E-state index contributed by atoms with van der Waals surface area (Å²) < 4.78 is 10.5. The summed E-state index contributed by atoms with van der Waals surface area (Å²) in [6.45, 7) is 8.07. The highest BCUT2D eigenvalue weighted by Crippen LogP contribution is 2.21. The third-order valence-corrected chi connectivity index (χ3v) is 4.10. The number of hydrogen-bond acceptors (Lipinski definition) is 5. The summed E-state index contributed by atoms with van der Waals surface area (Å²) in [7, 11) is 1.51. The Morgan fingerprint density at radius 1 is 1.32 bits per heavy atom. The second kappa shape index (κ2) is 7.72. The van der Waals surface area contributed by atoms with Gasteiger partial charge in [-0.2, -0.15) is 0 Å². The van der Waals surface area contributed by atoms with Crippen LogP contribution in [0.15, 0.2) is 18.2 Å². The largest absolute Gasteiger partial charge is 0.481 e. The lowest BCUT2D eigenvalue weighted by atomic mass is 9.97. The van der Waals surface area contributed by atoms with Crippen LogP contribution in [-0.4, -0.2) is 53.2 Å². The van der Waals surface area contributed by atoms with Crippen LogP contribution in [0.2, 0.25) is 0 Å². The van der Waals surface area contributed by atoms with Gasteiger partial charge in [-0.25, -0.2) is 9.78 Å². The molecule has 0 radical (unpaired) electrons. The molecule has 1 saturated heterocycles. The number of nitrogens with zero attached hydrogens (tertiary/aromatic N) is 2. The molecule has 0 unspecified atom stereocenters. The summed E-state index contributed by atoms with van der Waals surface area (Å²) >= 11 is 0. The Hall–Kier alpha value is -2.31. The van der Waals surface area contributed by atoms with Gasteiger partial charge < -0.3 is 19.7 Å². The number of carbonyl (C=O) groups is 2. The van der Waals surface area contributed by atoms with E-state index in [2.05, 4.69) is 10.3 Å². The summed E-state index contributed by atoms with van der Waals surface area (Å²) in [5.74, 6) is 0.113. The monoisotopic (exact) mass is 349 g/mol. The van der Waals surface area contributed by atoms with Crippen molar-refractivity contribution in [3.8, 4) is 5.88 Å². The number of piperidine rings is 1. The molecule has 1 fully saturated rings. The van der Waals surface area contributed by atoms with E-state index in [9.17, 15) is 9.59 Å². The van der Waals surface area contributed by atoms with E-state index < -0.39 is 5.60 Å². The Kier molecular flexibility index (Phi) is 5.87. The van der Waals surface area contributed by atoms with Crippen LogP contribution in [0.25, 0.3) is 0 Å². The van der Waals surface area contributed by atoms with Crippen molar-refractivity contribution in [3.63, 3.8) is 0 Å². The van der Waals surface area contributed by atoms with Gasteiger partial charge in [0.2, 0.25) is 5.88 Å². The lowest BCUT2D eigenvalue weighted by molar-refractivity contribution is 0.00699. The highest BCUT2D eigenvalue weighted by Gasteiger charge is 2.34. The van der Waals surface area contributed by atoms with Crippen molar-refractivity contribution in [3.05, 3.63) is 23.9 Å². The van der Waals surface area contributed by atoms with E-state index in [0.29, 0.717) is 18.1 Å². The molecule has 0 aliphatic carbocycles. The molecule has 0 spiro atoms. The average molecular weight is 349 g/mol. The smallest absolute Gasteiger partial charge is 0.410 e. The molecule has 2 atom stereocenters.